The quantitative estimate of drug-likeness (QED) is 0.417. The van der Waals surface area contributed by atoms with Crippen LogP contribution in [-0.2, 0) is 11.8 Å². The summed E-state index contributed by atoms with van der Waals surface area (Å²) < 4.78 is 0. The first-order chi connectivity index (χ1) is 11.4. The molecule has 0 fully saturated rings. The molecule has 0 saturated carbocycles. The van der Waals surface area contributed by atoms with Crippen LogP contribution < -0.4 is 0 Å². The van der Waals surface area contributed by atoms with Crippen molar-refractivity contribution in [3.63, 3.8) is 0 Å². The van der Waals surface area contributed by atoms with Gasteiger partial charge >= 0.3 is 0 Å². The summed E-state index contributed by atoms with van der Waals surface area (Å²) in [5, 5.41) is 10.3. The van der Waals surface area contributed by atoms with Crippen molar-refractivity contribution in [2.45, 2.75) is 111 Å². The zero-order valence-corrected chi connectivity index (χ0v) is 16.9. The number of phenolic OH excluding ortho intramolecular Hbond substituents is 1. The van der Waals surface area contributed by atoms with E-state index in [1.807, 2.05) is 6.92 Å². The molecule has 0 heterocycles. The lowest BCUT2D eigenvalue weighted by atomic mass is 9.83. The molecule has 0 amide bonds. The Morgan fingerprint density at radius 3 is 1.79 bits per heavy atom. The van der Waals surface area contributed by atoms with Crippen molar-refractivity contribution >= 4 is 0 Å². The summed E-state index contributed by atoms with van der Waals surface area (Å²) in [5.41, 5.74) is 3.49. The fourth-order valence-corrected chi connectivity index (χ4v) is 3.39. The molecule has 0 aliphatic heterocycles. The van der Waals surface area contributed by atoms with Crippen molar-refractivity contribution in [1.29, 1.82) is 0 Å². The molecule has 1 rings (SSSR count). The van der Waals surface area contributed by atoms with Crippen molar-refractivity contribution in [2.24, 2.45) is 0 Å². The third-order valence-electron chi connectivity index (χ3n) is 4.99. The molecule has 0 spiro atoms. The Bertz CT molecular complexity index is 468. The van der Waals surface area contributed by atoms with Crippen molar-refractivity contribution in [3.8, 4) is 5.75 Å². The fourth-order valence-electron chi connectivity index (χ4n) is 3.39. The van der Waals surface area contributed by atoms with E-state index >= 15 is 0 Å². The number of aromatic hydroxyl groups is 1. The van der Waals surface area contributed by atoms with Crippen LogP contribution in [0.4, 0.5) is 0 Å². The van der Waals surface area contributed by atoms with Gasteiger partial charge in [-0.2, -0.15) is 0 Å². The molecule has 1 heteroatoms. The summed E-state index contributed by atoms with van der Waals surface area (Å²) in [4.78, 5) is 0. The molecule has 0 saturated heterocycles. The third kappa shape index (κ3) is 7.73. The van der Waals surface area contributed by atoms with Crippen LogP contribution in [0.25, 0.3) is 0 Å². The van der Waals surface area contributed by atoms with Crippen molar-refractivity contribution in [3.05, 3.63) is 28.8 Å². The molecule has 1 nitrogen and oxygen atoms in total. The lowest BCUT2D eigenvalue weighted by Gasteiger charge is -2.22. The number of aryl methyl sites for hydroxylation is 2. The van der Waals surface area contributed by atoms with Crippen LogP contribution in [0.15, 0.2) is 12.1 Å². The Morgan fingerprint density at radius 1 is 0.792 bits per heavy atom. The number of hydrogen-bond donors (Lipinski definition) is 1. The Kier molecular flexibility index (Phi) is 9.48. The summed E-state index contributed by atoms with van der Waals surface area (Å²) in [6.07, 6.45) is 14.9. The van der Waals surface area contributed by atoms with Gasteiger partial charge in [-0.25, -0.2) is 0 Å². The topological polar surface area (TPSA) is 20.2 Å². The van der Waals surface area contributed by atoms with Gasteiger partial charge in [0.2, 0.25) is 0 Å². The molecule has 24 heavy (non-hydrogen) atoms. The Labute approximate surface area is 150 Å². The van der Waals surface area contributed by atoms with Crippen molar-refractivity contribution < 1.29 is 5.11 Å². The van der Waals surface area contributed by atoms with Crippen LogP contribution in [0.3, 0.4) is 0 Å². The summed E-state index contributed by atoms with van der Waals surface area (Å²) in [5.74, 6) is 0.481. The van der Waals surface area contributed by atoms with Crippen LogP contribution in [0.5, 0.6) is 5.75 Å². The normalized spacial score (nSPS) is 11.9. The molecule has 0 radical (unpaired) electrons. The number of rotatable bonds is 11. The predicted octanol–water partition coefficient (Wildman–Crippen LogP) is 7.46. The van der Waals surface area contributed by atoms with E-state index in [4.69, 9.17) is 0 Å². The minimum absolute atomic E-state index is 0.00261. The van der Waals surface area contributed by atoms with E-state index in [1.165, 1.54) is 69.8 Å². The maximum absolute atomic E-state index is 10.3. The van der Waals surface area contributed by atoms with Gasteiger partial charge in [0.15, 0.2) is 0 Å². The number of phenols is 1. The molecule has 0 unspecified atom stereocenters. The van der Waals surface area contributed by atoms with E-state index < -0.39 is 0 Å². The molecular weight excluding hydrogens is 292 g/mol. The van der Waals surface area contributed by atoms with E-state index in [2.05, 4.69) is 39.8 Å². The smallest absolute Gasteiger partial charge is 0.122 e. The molecule has 0 aliphatic rings. The molecule has 0 atom stereocenters. The highest BCUT2D eigenvalue weighted by atomic mass is 16.3. The fraction of sp³-hybridized carbons (Fsp3) is 0.739. The van der Waals surface area contributed by atoms with E-state index in [-0.39, 0.29) is 5.41 Å². The van der Waals surface area contributed by atoms with Crippen LogP contribution in [0.2, 0.25) is 0 Å². The second kappa shape index (κ2) is 10.8. The zero-order chi connectivity index (χ0) is 18.0. The van der Waals surface area contributed by atoms with Gasteiger partial charge in [-0.15, -0.1) is 0 Å². The first kappa shape index (κ1) is 21.1. The number of hydrogen-bond acceptors (Lipinski definition) is 1. The molecule has 1 N–H and O–H groups in total. The van der Waals surface area contributed by atoms with Crippen LogP contribution in [0, 0.1) is 6.92 Å². The number of benzene rings is 1. The summed E-state index contributed by atoms with van der Waals surface area (Å²) >= 11 is 0. The van der Waals surface area contributed by atoms with E-state index in [0.29, 0.717) is 5.75 Å². The third-order valence-corrected chi connectivity index (χ3v) is 4.99. The largest absolute Gasteiger partial charge is 0.507 e. The molecular formula is C23H40O. The maximum atomic E-state index is 10.3. The highest BCUT2D eigenvalue weighted by molar-refractivity contribution is 5.46. The van der Waals surface area contributed by atoms with Crippen molar-refractivity contribution in [2.75, 3.05) is 0 Å². The van der Waals surface area contributed by atoms with E-state index in [1.54, 1.807) is 0 Å². The molecule has 1 aromatic carbocycles. The van der Waals surface area contributed by atoms with Crippen LogP contribution in [0.1, 0.15) is 109 Å². The van der Waals surface area contributed by atoms with Gasteiger partial charge in [0, 0.05) is 0 Å². The summed E-state index contributed by atoms with van der Waals surface area (Å²) in [6.45, 7) is 10.8. The highest BCUT2D eigenvalue weighted by Gasteiger charge is 2.19. The molecule has 1 aromatic rings. The average Bonchev–Trinajstić information content (AvgIpc) is 2.51. The van der Waals surface area contributed by atoms with Crippen molar-refractivity contribution in [1.82, 2.24) is 0 Å². The first-order valence-corrected chi connectivity index (χ1v) is 10.2. The highest BCUT2D eigenvalue weighted by Crippen LogP contribution is 2.34. The molecule has 0 aliphatic carbocycles. The molecule has 0 bridgehead atoms. The van der Waals surface area contributed by atoms with Crippen LogP contribution in [-0.4, -0.2) is 5.11 Å². The number of unbranched alkanes of at least 4 members (excludes halogenated alkanes) is 9. The van der Waals surface area contributed by atoms with Gasteiger partial charge < -0.3 is 5.11 Å². The van der Waals surface area contributed by atoms with E-state index in [0.717, 1.165) is 17.5 Å². The van der Waals surface area contributed by atoms with Gasteiger partial charge in [-0.3, -0.25) is 0 Å². The predicted molar refractivity (Wildman–Crippen MR) is 107 cm³/mol. The maximum Gasteiger partial charge on any atom is 0.122 e. The standard InChI is InChI=1S/C23H40O/c1-6-7-8-9-10-11-12-13-14-15-16-20-17-19(2)22(24)21(18-20)23(3,4)5/h17-18,24H,6-16H2,1-5H3. The minimum Gasteiger partial charge on any atom is -0.507 e. The second-order valence-corrected chi connectivity index (χ2v) is 8.49. The van der Waals surface area contributed by atoms with Gasteiger partial charge in [-0.05, 0) is 41.9 Å². The second-order valence-electron chi connectivity index (χ2n) is 8.49. The Balaban J connectivity index is 2.27. The Hall–Kier alpha value is -0.980. The van der Waals surface area contributed by atoms with Gasteiger partial charge in [0.25, 0.3) is 0 Å². The lowest BCUT2D eigenvalue weighted by Crippen LogP contribution is -2.12. The molecule has 138 valence electrons. The zero-order valence-electron chi connectivity index (χ0n) is 16.9. The van der Waals surface area contributed by atoms with Gasteiger partial charge in [0.1, 0.15) is 5.75 Å². The summed E-state index contributed by atoms with van der Waals surface area (Å²) in [6, 6.07) is 4.38. The van der Waals surface area contributed by atoms with Gasteiger partial charge in [0.05, 0.1) is 0 Å². The average molecular weight is 333 g/mol. The van der Waals surface area contributed by atoms with E-state index in [9.17, 15) is 5.11 Å². The lowest BCUT2D eigenvalue weighted by molar-refractivity contribution is 0.442. The monoisotopic (exact) mass is 332 g/mol. The first-order valence-electron chi connectivity index (χ1n) is 10.2. The minimum atomic E-state index is 0.00261. The van der Waals surface area contributed by atoms with Gasteiger partial charge in [-0.1, -0.05) is 97.6 Å². The Morgan fingerprint density at radius 2 is 1.29 bits per heavy atom. The summed E-state index contributed by atoms with van der Waals surface area (Å²) in [7, 11) is 0. The van der Waals surface area contributed by atoms with Crippen LogP contribution >= 0.6 is 0 Å². The molecule has 0 aromatic heterocycles. The SMILES string of the molecule is CCCCCCCCCCCCc1cc(C)c(O)c(C(C)(C)C)c1.